The lowest BCUT2D eigenvalue weighted by molar-refractivity contribution is -0.138. The van der Waals surface area contributed by atoms with Crippen molar-refractivity contribution in [3.63, 3.8) is 0 Å². The minimum absolute atomic E-state index is 0.164. The highest BCUT2D eigenvalue weighted by molar-refractivity contribution is 6.51. The Hall–Kier alpha value is -3.15. The number of hydrogen-bond donors (Lipinski definition) is 0. The number of carbonyl (C=O) groups is 2. The Balaban J connectivity index is 2.62. The van der Waals surface area contributed by atoms with Gasteiger partial charge in [0.1, 0.15) is 22.9 Å². The smallest absolute Gasteiger partial charge is 0.372 e. The van der Waals surface area contributed by atoms with Crippen LogP contribution in [0.2, 0.25) is 0 Å². The number of imide groups is 1. The molecule has 2 amide bonds. The molecule has 1 aliphatic heterocycles. The molecule has 2 rings (SSSR count). The predicted molar refractivity (Wildman–Crippen MR) is 108 cm³/mol. The maximum absolute atomic E-state index is 13.6. The second kappa shape index (κ2) is 9.11. The topological polar surface area (TPSA) is 76.8 Å². The van der Waals surface area contributed by atoms with Crippen LogP contribution in [0.4, 0.5) is 24.5 Å². The van der Waals surface area contributed by atoms with E-state index >= 15 is 0 Å². The summed E-state index contributed by atoms with van der Waals surface area (Å²) in [5, 5.41) is 9.11. The van der Waals surface area contributed by atoms with Crippen molar-refractivity contribution in [2.24, 2.45) is 4.99 Å². The van der Waals surface area contributed by atoms with E-state index in [2.05, 4.69) is 23.7 Å². The summed E-state index contributed by atoms with van der Waals surface area (Å²) >= 11 is 0. The first kappa shape index (κ1) is 23.1. The number of anilines is 1. The van der Waals surface area contributed by atoms with Gasteiger partial charge in [0.05, 0.1) is 5.69 Å². The average Bonchev–Trinajstić information content (AvgIpc) is 2.68. The summed E-state index contributed by atoms with van der Waals surface area (Å²) in [5.41, 5.74) is -2.06. The van der Waals surface area contributed by atoms with Crippen molar-refractivity contribution < 1.29 is 22.8 Å². The number of nitriles is 1. The van der Waals surface area contributed by atoms with Gasteiger partial charge in [-0.2, -0.15) is 18.4 Å². The fourth-order valence-corrected chi connectivity index (χ4v) is 3.23. The van der Waals surface area contributed by atoms with E-state index < -0.39 is 34.8 Å². The summed E-state index contributed by atoms with van der Waals surface area (Å²) in [5.74, 6) is -2.50. The Kier molecular flexibility index (Phi) is 7.03. The number of halogens is 3. The molecule has 1 heterocycles. The van der Waals surface area contributed by atoms with Crippen LogP contribution in [0, 0.1) is 18.3 Å². The van der Waals surface area contributed by atoms with E-state index in [1.54, 1.807) is 25.1 Å². The predicted octanol–water partition coefficient (Wildman–Crippen LogP) is 4.08. The van der Waals surface area contributed by atoms with E-state index in [1.807, 2.05) is 0 Å². The summed E-state index contributed by atoms with van der Waals surface area (Å²) in [6.45, 7) is 7.46. The molecule has 0 fully saturated rings. The zero-order chi connectivity index (χ0) is 22.6. The molecule has 6 nitrogen and oxygen atoms in total. The summed E-state index contributed by atoms with van der Waals surface area (Å²) in [4.78, 5) is 31.0. The van der Waals surface area contributed by atoms with Crippen LogP contribution in [0.3, 0.4) is 0 Å². The third kappa shape index (κ3) is 4.53. The highest BCUT2D eigenvalue weighted by atomic mass is 19.4. The molecule has 0 bridgehead atoms. The molecule has 0 aliphatic carbocycles. The quantitative estimate of drug-likeness (QED) is 0.650. The Morgan fingerprint density at radius 3 is 2.20 bits per heavy atom. The van der Waals surface area contributed by atoms with Crippen LogP contribution in [0.25, 0.3) is 0 Å². The Labute approximate surface area is 173 Å². The van der Waals surface area contributed by atoms with E-state index in [-0.39, 0.29) is 5.69 Å². The van der Waals surface area contributed by atoms with Crippen LogP contribution in [0.1, 0.15) is 32.3 Å². The van der Waals surface area contributed by atoms with Gasteiger partial charge >= 0.3 is 6.18 Å². The summed E-state index contributed by atoms with van der Waals surface area (Å²) in [7, 11) is 1.02. The van der Waals surface area contributed by atoms with Gasteiger partial charge in [-0.3, -0.25) is 14.5 Å². The first-order valence-electron chi connectivity index (χ1n) is 9.55. The number of rotatable bonds is 6. The average molecular weight is 420 g/mol. The van der Waals surface area contributed by atoms with E-state index in [4.69, 9.17) is 5.26 Å². The fraction of sp³-hybridized carbons (Fsp3) is 0.429. The second-order valence-electron chi connectivity index (χ2n) is 6.95. The molecule has 0 radical (unpaired) electrons. The molecule has 0 saturated heterocycles. The molecule has 0 spiro atoms. The zero-order valence-electron chi connectivity index (χ0n) is 17.3. The Bertz CT molecular complexity index is 952. The molecule has 0 atom stereocenters. The van der Waals surface area contributed by atoms with E-state index in [9.17, 15) is 22.8 Å². The van der Waals surface area contributed by atoms with Crippen molar-refractivity contribution >= 4 is 28.9 Å². The van der Waals surface area contributed by atoms with Crippen molar-refractivity contribution in [3.05, 3.63) is 34.9 Å². The van der Waals surface area contributed by atoms with Gasteiger partial charge < -0.3 is 4.90 Å². The molecular weight excluding hydrogens is 397 g/mol. The lowest BCUT2D eigenvalue weighted by Crippen LogP contribution is -2.47. The molecule has 160 valence electrons. The van der Waals surface area contributed by atoms with Crippen molar-refractivity contribution in [1.82, 2.24) is 4.90 Å². The molecule has 0 aromatic heterocycles. The van der Waals surface area contributed by atoms with Gasteiger partial charge in [-0.25, -0.2) is 4.99 Å². The van der Waals surface area contributed by atoms with Crippen LogP contribution in [-0.4, -0.2) is 48.7 Å². The number of aliphatic imine (C=N–C) groups is 1. The van der Waals surface area contributed by atoms with Crippen LogP contribution >= 0.6 is 0 Å². The van der Waals surface area contributed by atoms with Gasteiger partial charge in [0, 0.05) is 25.8 Å². The molecule has 1 aromatic rings. The highest BCUT2D eigenvalue weighted by Gasteiger charge is 2.49. The molecule has 9 heteroatoms. The first-order valence-corrected chi connectivity index (χ1v) is 9.55. The van der Waals surface area contributed by atoms with E-state index in [0.717, 1.165) is 38.7 Å². The van der Waals surface area contributed by atoms with Gasteiger partial charge in [-0.1, -0.05) is 13.8 Å². The molecule has 1 aromatic carbocycles. The number of likely N-dealkylation sites (N-methyl/N-ethyl adjacent to an activating group) is 1. The van der Waals surface area contributed by atoms with Gasteiger partial charge in [0.25, 0.3) is 11.8 Å². The van der Waals surface area contributed by atoms with E-state index in [0.29, 0.717) is 10.5 Å². The lowest BCUT2D eigenvalue weighted by Gasteiger charge is -2.26. The maximum atomic E-state index is 13.6. The molecule has 0 saturated carbocycles. The standard InChI is InChI=1S/C21H23F3N4O2/c1-5-9-28(10-6-2)14-7-8-16(13(3)11-14)26-18-17(21(22,23)24)15(12-25)19(29)27(4)20(18)30/h7-8,11H,5-6,9-10H2,1-4H3. The van der Waals surface area contributed by atoms with Gasteiger partial charge in [-0.15, -0.1) is 0 Å². The molecular formula is C21H23F3N4O2. The largest absolute Gasteiger partial charge is 0.420 e. The minimum Gasteiger partial charge on any atom is -0.372 e. The molecule has 0 unspecified atom stereocenters. The third-order valence-corrected chi connectivity index (χ3v) is 4.67. The third-order valence-electron chi connectivity index (χ3n) is 4.67. The normalized spacial score (nSPS) is 16.3. The van der Waals surface area contributed by atoms with E-state index in [1.165, 1.54) is 6.07 Å². The van der Waals surface area contributed by atoms with Crippen molar-refractivity contribution in [1.29, 1.82) is 5.26 Å². The number of amides is 2. The van der Waals surface area contributed by atoms with Gasteiger partial charge in [0.15, 0.2) is 0 Å². The summed E-state index contributed by atoms with van der Waals surface area (Å²) in [6, 6.07) is 6.35. The Morgan fingerprint density at radius 1 is 1.13 bits per heavy atom. The lowest BCUT2D eigenvalue weighted by atomic mass is 9.97. The minimum atomic E-state index is -5.08. The van der Waals surface area contributed by atoms with Gasteiger partial charge in [-0.05, 0) is 43.5 Å². The monoisotopic (exact) mass is 420 g/mol. The second-order valence-corrected chi connectivity index (χ2v) is 6.95. The van der Waals surface area contributed by atoms with Gasteiger partial charge in [0.2, 0.25) is 0 Å². The zero-order valence-corrected chi connectivity index (χ0v) is 17.3. The van der Waals surface area contributed by atoms with Crippen molar-refractivity contribution in [2.75, 3.05) is 25.0 Å². The first-order chi connectivity index (χ1) is 14.1. The Morgan fingerprint density at radius 2 is 1.73 bits per heavy atom. The molecule has 30 heavy (non-hydrogen) atoms. The van der Waals surface area contributed by atoms with Crippen LogP contribution in [0.15, 0.2) is 34.3 Å². The number of nitrogens with zero attached hydrogens (tertiary/aromatic N) is 4. The number of aryl methyl sites for hydroxylation is 1. The highest BCUT2D eigenvalue weighted by Crippen LogP contribution is 2.35. The van der Waals surface area contributed by atoms with Crippen LogP contribution < -0.4 is 4.90 Å². The van der Waals surface area contributed by atoms with Crippen molar-refractivity contribution in [3.8, 4) is 6.07 Å². The number of carbonyl (C=O) groups excluding carboxylic acids is 2. The van der Waals surface area contributed by atoms with Crippen LogP contribution in [0.5, 0.6) is 0 Å². The molecule has 1 aliphatic rings. The number of benzene rings is 1. The number of hydrogen-bond acceptors (Lipinski definition) is 5. The number of alkyl halides is 3. The molecule has 0 N–H and O–H groups in total. The fourth-order valence-electron chi connectivity index (χ4n) is 3.23. The van der Waals surface area contributed by atoms with Crippen LogP contribution in [-0.2, 0) is 9.59 Å². The van der Waals surface area contributed by atoms with Crippen molar-refractivity contribution in [2.45, 2.75) is 39.8 Å². The SMILES string of the molecule is CCCN(CCC)c1ccc(N=C2C(=O)N(C)C(=O)C(C#N)=C2C(F)(F)F)c(C)c1. The summed E-state index contributed by atoms with van der Waals surface area (Å²) < 4.78 is 40.9. The maximum Gasteiger partial charge on any atom is 0.420 e. The summed E-state index contributed by atoms with van der Waals surface area (Å²) in [6.07, 6.45) is -3.20.